The summed E-state index contributed by atoms with van der Waals surface area (Å²) < 4.78 is 0. The predicted octanol–water partition coefficient (Wildman–Crippen LogP) is 2.17. The van der Waals surface area contributed by atoms with Crippen molar-refractivity contribution < 1.29 is 5.11 Å². The highest BCUT2D eigenvalue weighted by Gasteiger charge is 2.42. The van der Waals surface area contributed by atoms with E-state index in [1.165, 1.54) is 0 Å². The van der Waals surface area contributed by atoms with E-state index in [1.807, 2.05) is 30.3 Å². The summed E-state index contributed by atoms with van der Waals surface area (Å²) in [5, 5.41) is 13.7. The lowest BCUT2D eigenvalue weighted by Gasteiger charge is -2.15. The number of aliphatic hydroxyl groups excluding tert-OH is 1. The molecule has 1 aliphatic carbocycles. The maximum absolute atomic E-state index is 9.24. The molecule has 0 unspecified atom stereocenters. The fraction of sp³-hybridized carbons (Fsp3) is 0.308. The van der Waals surface area contributed by atoms with Gasteiger partial charge in [0.2, 0.25) is 0 Å². The van der Waals surface area contributed by atoms with Crippen molar-refractivity contribution in [3.63, 3.8) is 0 Å². The zero-order valence-corrected chi connectivity index (χ0v) is 8.98. The Bertz CT molecular complexity index is 520. The molecule has 1 aliphatic rings. The highest BCUT2D eigenvalue weighted by Crippen LogP contribution is 2.38. The molecular formula is C13H14N2O. The van der Waals surface area contributed by atoms with Crippen molar-refractivity contribution in [2.75, 3.05) is 11.9 Å². The highest BCUT2D eigenvalue weighted by atomic mass is 16.3. The van der Waals surface area contributed by atoms with Crippen LogP contribution in [0.2, 0.25) is 0 Å². The van der Waals surface area contributed by atoms with Gasteiger partial charge in [0.15, 0.2) is 0 Å². The molecule has 82 valence electrons. The number of hydrogen-bond acceptors (Lipinski definition) is 3. The smallest absolute Gasteiger partial charge is 0.127 e. The van der Waals surface area contributed by atoms with E-state index in [0.29, 0.717) is 0 Å². The second kappa shape index (κ2) is 3.46. The summed E-state index contributed by atoms with van der Waals surface area (Å²) in [5.41, 5.74) is 0.886. The Kier molecular flexibility index (Phi) is 2.07. The second-order valence-corrected chi connectivity index (χ2v) is 4.45. The zero-order chi connectivity index (χ0) is 11.0. The van der Waals surface area contributed by atoms with Gasteiger partial charge in [-0.1, -0.05) is 18.2 Å². The number of benzene rings is 1. The van der Waals surface area contributed by atoms with Crippen LogP contribution in [0.15, 0.2) is 36.4 Å². The molecule has 0 radical (unpaired) electrons. The quantitative estimate of drug-likeness (QED) is 0.823. The first kappa shape index (κ1) is 9.60. The molecule has 0 aliphatic heterocycles. The van der Waals surface area contributed by atoms with Crippen molar-refractivity contribution in [3.05, 3.63) is 36.4 Å². The van der Waals surface area contributed by atoms with Crippen LogP contribution in [-0.4, -0.2) is 22.2 Å². The van der Waals surface area contributed by atoms with Gasteiger partial charge >= 0.3 is 0 Å². The number of fused-ring (bicyclic) bond motifs is 1. The molecule has 1 aromatic heterocycles. The second-order valence-electron chi connectivity index (χ2n) is 4.45. The predicted molar refractivity (Wildman–Crippen MR) is 64.4 cm³/mol. The Morgan fingerprint density at radius 3 is 2.75 bits per heavy atom. The largest absolute Gasteiger partial charge is 0.394 e. The molecule has 1 aromatic carbocycles. The highest BCUT2D eigenvalue weighted by molar-refractivity contribution is 5.80. The normalized spacial score (nSPS) is 17.3. The number of aliphatic hydroxyl groups is 1. The first-order valence-electron chi connectivity index (χ1n) is 5.56. The summed E-state index contributed by atoms with van der Waals surface area (Å²) in [6, 6.07) is 12.1. The van der Waals surface area contributed by atoms with Gasteiger partial charge in [0.25, 0.3) is 0 Å². The molecule has 1 fully saturated rings. The van der Waals surface area contributed by atoms with Crippen LogP contribution in [0.25, 0.3) is 10.9 Å². The van der Waals surface area contributed by atoms with Gasteiger partial charge in [-0.2, -0.15) is 0 Å². The first-order chi connectivity index (χ1) is 7.81. The van der Waals surface area contributed by atoms with Gasteiger partial charge in [0.05, 0.1) is 17.7 Å². The number of anilines is 1. The minimum absolute atomic E-state index is 0.102. The summed E-state index contributed by atoms with van der Waals surface area (Å²) >= 11 is 0. The number of hydrogen-bond donors (Lipinski definition) is 2. The molecule has 0 amide bonds. The molecule has 3 rings (SSSR count). The summed E-state index contributed by atoms with van der Waals surface area (Å²) in [6.07, 6.45) is 2.05. The van der Waals surface area contributed by atoms with E-state index in [2.05, 4.69) is 16.4 Å². The molecule has 1 heterocycles. The molecule has 1 saturated carbocycles. The van der Waals surface area contributed by atoms with Crippen molar-refractivity contribution in [2.24, 2.45) is 0 Å². The molecule has 0 spiro atoms. The average Bonchev–Trinajstić information content (AvgIpc) is 3.09. The fourth-order valence-corrected chi connectivity index (χ4v) is 1.88. The lowest BCUT2D eigenvalue weighted by atomic mass is 10.2. The molecule has 0 bridgehead atoms. The molecule has 3 heteroatoms. The van der Waals surface area contributed by atoms with E-state index in [0.717, 1.165) is 29.6 Å². The minimum Gasteiger partial charge on any atom is -0.394 e. The van der Waals surface area contributed by atoms with Gasteiger partial charge in [-0.25, -0.2) is 4.98 Å². The number of rotatable bonds is 3. The Hall–Kier alpha value is -1.61. The Labute approximate surface area is 94.1 Å². The van der Waals surface area contributed by atoms with E-state index >= 15 is 0 Å². The molecule has 3 nitrogen and oxygen atoms in total. The summed E-state index contributed by atoms with van der Waals surface area (Å²) in [5.74, 6) is 0.852. The van der Waals surface area contributed by atoms with Crippen LogP contribution < -0.4 is 5.32 Å². The van der Waals surface area contributed by atoms with Crippen LogP contribution in [0.3, 0.4) is 0 Å². The van der Waals surface area contributed by atoms with E-state index in [9.17, 15) is 5.11 Å². The lowest BCUT2D eigenvalue weighted by molar-refractivity contribution is 0.266. The lowest BCUT2D eigenvalue weighted by Crippen LogP contribution is -2.26. The molecule has 2 N–H and O–H groups in total. The Morgan fingerprint density at radius 2 is 2.00 bits per heavy atom. The van der Waals surface area contributed by atoms with Crippen molar-refractivity contribution in [2.45, 2.75) is 18.4 Å². The molecule has 16 heavy (non-hydrogen) atoms. The number of aromatic nitrogens is 1. The third-order valence-corrected chi connectivity index (χ3v) is 3.15. The van der Waals surface area contributed by atoms with Gasteiger partial charge in [0.1, 0.15) is 5.82 Å². The standard InChI is InChI=1S/C13H14N2O/c16-9-13(7-8-13)15-12-6-5-10-3-1-2-4-11(10)14-12/h1-6,16H,7-9H2,(H,14,15). The molecule has 0 atom stereocenters. The van der Waals surface area contributed by atoms with Crippen LogP contribution in [0, 0.1) is 0 Å². The van der Waals surface area contributed by atoms with E-state index in [4.69, 9.17) is 0 Å². The van der Waals surface area contributed by atoms with Crippen LogP contribution >= 0.6 is 0 Å². The van der Waals surface area contributed by atoms with Crippen molar-refractivity contribution in [1.29, 1.82) is 0 Å². The summed E-state index contributed by atoms with van der Waals surface area (Å²) in [6.45, 7) is 0.182. The maximum Gasteiger partial charge on any atom is 0.127 e. The first-order valence-corrected chi connectivity index (χ1v) is 5.56. The Balaban J connectivity index is 1.93. The zero-order valence-electron chi connectivity index (χ0n) is 8.98. The van der Waals surface area contributed by atoms with Gasteiger partial charge in [-0.05, 0) is 31.0 Å². The SMILES string of the molecule is OCC1(Nc2ccc3ccccc3n2)CC1. The van der Waals surface area contributed by atoms with Crippen molar-refractivity contribution in [1.82, 2.24) is 4.98 Å². The van der Waals surface area contributed by atoms with Gasteiger partial charge < -0.3 is 10.4 Å². The number of nitrogens with zero attached hydrogens (tertiary/aromatic N) is 1. The van der Waals surface area contributed by atoms with Crippen LogP contribution in [0.4, 0.5) is 5.82 Å². The minimum atomic E-state index is -0.102. The number of nitrogens with one attached hydrogen (secondary N) is 1. The third-order valence-electron chi connectivity index (χ3n) is 3.15. The molecule has 2 aromatic rings. The van der Waals surface area contributed by atoms with E-state index < -0.39 is 0 Å². The van der Waals surface area contributed by atoms with Crippen molar-refractivity contribution >= 4 is 16.7 Å². The van der Waals surface area contributed by atoms with Crippen LogP contribution in [0.5, 0.6) is 0 Å². The van der Waals surface area contributed by atoms with Gasteiger partial charge in [-0.15, -0.1) is 0 Å². The van der Waals surface area contributed by atoms with Gasteiger partial charge in [-0.3, -0.25) is 0 Å². The number of para-hydroxylation sites is 1. The van der Waals surface area contributed by atoms with Crippen LogP contribution in [-0.2, 0) is 0 Å². The maximum atomic E-state index is 9.24. The topological polar surface area (TPSA) is 45.1 Å². The van der Waals surface area contributed by atoms with Crippen LogP contribution in [0.1, 0.15) is 12.8 Å². The molecular weight excluding hydrogens is 200 g/mol. The monoisotopic (exact) mass is 214 g/mol. The molecule has 0 saturated heterocycles. The van der Waals surface area contributed by atoms with E-state index in [1.54, 1.807) is 0 Å². The number of pyridine rings is 1. The van der Waals surface area contributed by atoms with Crippen molar-refractivity contribution in [3.8, 4) is 0 Å². The fourth-order valence-electron chi connectivity index (χ4n) is 1.88. The third kappa shape index (κ3) is 1.63. The Morgan fingerprint density at radius 1 is 1.19 bits per heavy atom. The van der Waals surface area contributed by atoms with Gasteiger partial charge in [0, 0.05) is 5.39 Å². The summed E-state index contributed by atoms with van der Waals surface area (Å²) in [7, 11) is 0. The summed E-state index contributed by atoms with van der Waals surface area (Å²) in [4.78, 5) is 4.53. The van der Waals surface area contributed by atoms with E-state index in [-0.39, 0.29) is 12.1 Å². The average molecular weight is 214 g/mol.